The van der Waals surface area contributed by atoms with Gasteiger partial charge in [-0.15, -0.1) is 0 Å². The van der Waals surface area contributed by atoms with Gasteiger partial charge in [-0.05, 0) is 49.6 Å². The lowest BCUT2D eigenvalue weighted by Gasteiger charge is -2.25. The second-order valence-corrected chi connectivity index (χ2v) is 10.4. The first-order valence-electron chi connectivity index (χ1n) is 10.5. The number of rotatable bonds is 11. The molecular weight excluding hydrogens is 455 g/mol. The molecule has 5 nitrogen and oxygen atoms in total. The standard InChI is InChI=1S/C23H30Cl2N2O3S/c1-4-6-7-18(5-2)15-26-23(28)16-27(21-13-19(24)12-20(25)14-21)31(29,30)22-10-8-17(3)9-11-22/h8-14,18H,4-7,15-16H2,1-3H3,(H,26,28). The molecule has 1 N–H and O–H groups in total. The Morgan fingerprint density at radius 1 is 1.06 bits per heavy atom. The van der Waals surface area contributed by atoms with E-state index in [1.807, 2.05) is 6.92 Å². The van der Waals surface area contributed by atoms with Crippen LogP contribution in [0.15, 0.2) is 47.4 Å². The van der Waals surface area contributed by atoms with Crippen LogP contribution >= 0.6 is 23.2 Å². The molecule has 0 aliphatic rings. The number of hydrogen-bond acceptors (Lipinski definition) is 3. The summed E-state index contributed by atoms with van der Waals surface area (Å²) in [6.07, 6.45) is 4.18. The van der Waals surface area contributed by atoms with E-state index >= 15 is 0 Å². The SMILES string of the molecule is CCCCC(CC)CNC(=O)CN(c1cc(Cl)cc(Cl)c1)S(=O)(=O)c1ccc(C)cc1. The second kappa shape index (κ2) is 11.7. The van der Waals surface area contributed by atoms with Gasteiger partial charge >= 0.3 is 0 Å². The lowest BCUT2D eigenvalue weighted by molar-refractivity contribution is -0.119. The summed E-state index contributed by atoms with van der Waals surface area (Å²) >= 11 is 12.2. The fraction of sp³-hybridized carbons (Fsp3) is 0.435. The molecule has 0 aliphatic carbocycles. The molecule has 0 aliphatic heterocycles. The Hall–Kier alpha value is -1.76. The zero-order valence-corrected chi connectivity index (χ0v) is 20.5. The Bertz CT molecular complexity index is 959. The molecule has 2 aromatic rings. The van der Waals surface area contributed by atoms with Crippen LogP contribution in [0.2, 0.25) is 10.0 Å². The van der Waals surface area contributed by atoms with E-state index < -0.39 is 10.0 Å². The molecule has 0 spiro atoms. The van der Waals surface area contributed by atoms with E-state index in [0.717, 1.165) is 35.6 Å². The van der Waals surface area contributed by atoms with Crippen molar-refractivity contribution < 1.29 is 13.2 Å². The molecule has 1 unspecified atom stereocenters. The average molecular weight is 485 g/mol. The third-order valence-electron chi connectivity index (χ3n) is 5.16. The van der Waals surface area contributed by atoms with E-state index in [9.17, 15) is 13.2 Å². The Morgan fingerprint density at radius 3 is 2.23 bits per heavy atom. The van der Waals surface area contributed by atoms with E-state index in [0.29, 0.717) is 12.5 Å². The summed E-state index contributed by atoms with van der Waals surface area (Å²) in [5.41, 5.74) is 1.18. The van der Waals surface area contributed by atoms with Crippen molar-refractivity contribution in [2.75, 3.05) is 17.4 Å². The second-order valence-electron chi connectivity index (χ2n) is 7.67. The summed E-state index contributed by atoms with van der Waals surface area (Å²) < 4.78 is 27.8. The molecule has 31 heavy (non-hydrogen) atoms. The van der Waals surface area contributed by atoms with Crippen molar-refractivity contribution in [1.82, 2.24) is 5.32 Å². The summed E-state index contributed by atoms with van der Waals surface area (Å²) in [5.74, 6) is -0.00611. The zero-order chi connectivity index (χ0) is 23.0. The Kier molecular flexibility index (Phi) is 9.66. The van der Waals surface area contributed by atoms with Crippen LogP contribution in [0, 0.1) is 12.8 Å². The van der Waals surface area contributed by atoms with E-state index in [-0.39, 0.29) is 33.1 Å². The van der Waals surface area contributed by atoms with Crippen LogP contribution in [0.3, 0.4) is 0 Å². The first-order valence-corrected chi connectivity index (χ1v) is 12.7. The van der Waals surface area contributed by atoms with Crippen LogP contribution in [0.4, 0.5) is 5.69 Å². The number of nitrogens with zero attached hydrogens (tertiary/aromatic N) is 1. The maximum Gasteiger partial charge on any atom is 0.264 e. The van der Waals surface area contributed by atoms with Crippen molar-refractivity contribution >= 4 is 44.8 Å². The van der Waals surface area contributed by atoms with Gasteiger partial charge in [0.05, 0.1) is 10.6 Å². The predicted molar refractivity (Wildman–Crippen MR) is 128 cm³/mol. The van der Waals surface area contributed by atoms with Crippen molar-refractivity contribution in [2.24, 2.45) is 5.92 Å². The van der Waals surface area contributed by atoms with E-state index in [2.05, 4.69) is 19.2 Å². The number of halogens is 2. The summed E-state index contributed by atoms with van der Waals surface area (Å²) in [5, 5.41) is 3.47. The highest BCUT2D eigenvalue weighted by Crippen LogP contribution is 2.29. The number of nitrogens with one attached hydrogen (secondary N) is 1. The smallest absolute Gasteiger partial charge is 0.264 e. The summed E-state index contributed by atoms with van der Waals surface area (Å²) in [6.45, 7) is 6.26. The maximum absolute atomic E-state index is 13.4. The Morgan fingerprint density at radius 2 is 1.68 bits per heavy atom. The molecule has 1 amide bonds. The van der Waals surface area contributed by atoms with Gasteiger partial charge in [-0.3, -0.25) is 9.10 Å². The van der Waals surface area contributed by atoms with E-state index in [4.69, 9.17) is 23.2 Å². The quantitative estimate of drug-likeness (QED) is 0.436. The lowest BCUT2D eigenvalue weighted by Crippen LogP contribution is -2.42. The third kappa shape index (κ3) is 7.41. The molecule has 0 radical (unpaired) electrons. The van der Waals surface area contributed by atoms with Gasteiger partial charge in [0.25, 0.3) is 10.0 Å². The number of carbonyl (C=O) groups excluding carboxylic acids is 1. The number of benzene rings is 2. The van der Waals surface area contributed by atoms with Crippen molar-refractivity contribution in [3.63, 3.8) is 0 Å². The van der Waals surface area contributed by atoms with Crippen LogP contribution in [0.25, 0.3) is 0 Å². The Balaban J connectivity index is 2.30. The molecule has 0 bridgehead atoms. The first-order chi connectivity index (χ1) is 14.7. The molecule has 0 saturated carbocycles. The first kappa shape index (κ1) is 25.5. The van der Waals surface area contributed by atoms with Gasteiger partial charge in [0, 0.05) is 16.6 Å². The topological polar surface area (TPSA) is 66.5 Å². The minimum atomic E-state index is -4.00. The summed E-state index contributed by atoms with van der Waals surface area (Å²) in [4.78, 5) is 12.8. The van der Waals surface area contributed by atoms with Gasteiger partial charge in [0.15, 0.2) is 0 Å². The molecule has 170 valence electrons. The number of hydrogen-bond donors (Lipinski definition) is 1. The number of sulfonamides is 1. The van der Waals surface area contributed by atoms with Crippen LogP contribution in [0.1, 0.15) is 45.1 Å². The van der Waals surface area contributed by atoms with Crippen molar-refractivity contribution in [3.05, 3.63) is 58.1 Å². The van der Waals surface area contributed by atoms with Gasteiger partial charge in [0.2, 0.25) is 5.91 Å². The molecule has 0 fully saturated rings. The number of aryl methyl sites for hydroxylation is 1. The molecule has 0 saturated heterocycles. The zero-order valence-electron chi connectivity index (χ0n) is 18.2. The van der Waals surface area contributed by atoms with E-state index in [1.165, 1.54) is 30.3 Å². The minimum absolute atomic E-state index is 0.0939. The normalized spacial score (nSPS) is 12.4. The molecule has 8 heteroatoms. The molecule has 0 aromatic heterocycles. The van der Waals surface area contributed by atoms with Crippen LogP contribution in [0.5, 0.6) is 0 Å². The molecule has 2 aromatic carbocycles. The average Bonchev–Trinajstić information content (AvgIpc) is 2.71. The largest absolute Gasteiger partial charge is 0.354 e. The van der Waals surface area contributed by atoms with Gasteiger partial charge < -0.3 is 5.32 Å². The number of unbranched alkanes of at least 4 members (excludes halogenated alkanes) is 1. The number of anilines is 1. The fourth-order valence-electron chi connectivity index (χ4n) is 3.22. The fourth-order valence-corrected chi connectivity index (χ4v) is 5.14. The van der Waals surface area contributed by atoms with Gasteiger partial charge in [-0.25, -0.2) is 8.42 Å². The van der Waals surface area contributed by atoms with Crippen molar-refractivity contribution in [3.8, 4) is 0 Å². The monoisotopic (exact) mass is 484 g/mol. The highest BCUT2D eigenvalue weighted by Gasteiger charge is 2.28. The number of carbonyl (C=O) groups is 1. The molecule has 2 rings (SSSR count). The molecule has 0 heterocycles. The highest BCUT2D eigenvalue weighted by molar-refractivity contribution is 7.92. The summed E-state index contributed by atoms with van der Waals surface area (Å²) in [6, 6.07) is 11.0. The number of amides is 1. The van der Waals surface area contributed by atoms with E-state index in [1.54, 1.807) is 12.1 Å². The third-order valence-corrected chi connectivity index (χ3v) is 7.39. The van der Waals surface area contributed by atoms with Crippen LogP contribution in [-0.2, 0) is 14.8 Å². The molecular formula is C23H30Cl2N2O3S. The van der Waals surface area contributed by atoms with Gasteiger partial charge in [0.1, 0.15) is 6.54 Å². The van der Waals surface area contributed by atoms with Gasteiger partial charge in [-0.1, -0.05) is 74.0 Å². The van der Waals surface area contributed by atoms with Gasteiger partial charge in [-0.2, -0.15) is 0 Å². The Labute approximate surface area is 195 Å². The van der Waals surface area contributed by atoms with Crippen molar-refractivity contribution in [2.45, 2.75) is 51.3 Å². The van der Waals surface area contributed by atoms with Crippen molar-refractivity contribution in [1.29, 1.82) is 0 Å². The summed E-state index contributed by atoms with van der Waals surface area (Å²) in [7, 11) is -4.00. The predicted octanol–water partition coefficient (Wildman–Crippen LogP) is 5.83. The maximum atomic E-state index is 13.4. The highest BCUT2D eigenvalue weighted by atomic mass is 35.5. The van der Waals surface area contributed by atoms with Crippen LogP contribution in [-0.4, -0.2) is 27.4 Å². The lowest BCUT2D eigenvalue weighted by atomic mass is 9.99. The molecule has 1 atom stereocenters. The van der Waals surface area contributed by atoms with Crippen LogP contribution < -0.4 is 9.62 Å². The minimum Gasteiger partial charge on any atom is -0.354 e.